The lowest BCUT2D eigenvalue weighted by atomic mass is 9.88. The highest BCUT2D eigenvalue weighted by Crippen LogP contribution is 2.22. The van der Waals surface area contributed by atoms with Gasteiger partial charge in [0, 0.05) is 12.3 Å². The van der Waals surface area contributed by atoms with Crippen LogP contribution in [-0.4, -0.2) is 18.0 Å². The summed E-state index contributed by atoms with van der Waals surface area (Å²) in [6, 6.07) is 0. The molecule has 0 saturated carbocycles. The zero-order valence-electron chi connectivity index (χ0n) is 13.7. The molecule has 2 heteroatoms. The molecule has 0 radical (unpaired) electrons. The van der Waals surface area contributed by atoms with Crippen LogP contribution in [0.15, 0.2) is 24.3 Å². The molecule has 0 aromatic carbocycles. The molecule has 2 atom stereocenters. The van der Waals surface area contributed by atoms with Crippen LogP contribution in [0.5, 0.6) is 0 Å². The maximum Gasteiger partial charge on any atom is 0.155 e. The summed E-state index contributed by atoms with van der Waals surface area (Å²) < 4.78 is 5.89. The minimum Gasteiger partial charge on any atom is -0.375 e. The van der Waals surface area contributed by atoms with Gasteiger partial charge >= 0.3 is 0 Å². The number of ether oxygens (including phenoxy) is 1. The highest BCUT2D eigenvalue weighted by Gasteiger charge is 2.16. The van der Waals surface area contributed by atoms with Gasteiger partial charge in [-0.2, -0.15) is 0 Å². The van der Waals surface area contributed by atoms with E-state index in [1.807, 2.05) is 6.08 Å². The summed E-state index contributed by atoms with van der Waals surface area (Å²) in [5.74, 6) is 1.67. The van der Waals surface area contributed by atoms with Crippen LogP contribution in [0.3, 0.4) is 0 Å². The topological polar surface area (TPSA) is 26.3 Å². The van der Waals surface area contributed by atoms with E-state index in [4.69, 9.17) is 4.74 Å². The van der Waals surface area contributed by atoms with Gasteiger partial charge < -0.3 is 4.74 Å². The summed E-state index contributed by atoms with van der Waals surface area (Å²) in [5.41, 5.74) is -0.111. The first-order valence-corrected chi connectivity index (χ1v) is 7.79. The van der Waals surface area contributed by atoms with Crippen molar-refractivity contribution in [1.29, 1.82) is 0 Å². The van der Waals surface area contributed by atoms with Gasteiger partial charge in [0.05, 0.1) is 12.2 Å². The van der Waals surface area contributed by atoms with Gasteiger partial charge in [-0.05, 0) is 51.5 Å². The van der Waals surface area contributed by atoms with Crippen molar-refractivity contribution in [2.45, 2.75) is 59.5 Å². The molecule has 0 heterocycles. The Bertz CT molecular complexity index is 358. The van der Waals surface area contributed by atoms with Crippen LogP contribution in [0, 0.1) is 17.8 Å². The first-order chi connectivity index (χ1) is 9.28. The Balaban J connectivity index is 2.72. The predicted octanol–water partition coefficient (Wildman–Crippen LogP) is 4.56. The Labute approximate surface area is 124 Å². The molecule has 0 N–H and O–H groups in total. The largest absolute Gasteiger partial charge is 0.375 e. The van der Waals surface area contributed by atoms with Crippen molar-refractivity contribution < 1.29 is 9.53 Å². The number of carbonyl (C=O) groups is 1. The van der Waals surface area contributed by atoms with Crippen molar-refractivity contribution in [3.63, 3.8) is 0 Å². The van der Waals surface area contributed by atoms with Gasteiger partial charge in [0.1, 0.15) is 0 Å². The average molecular weight is 278 g/mol. The monoisotopic (exact) mass is 278 g/mol. The summed E-state index contributed by atoms with van der Waals surface area (Å²) >= 11 is 0. The number of hydrogen-bond donors (Lipinski definition) is 0. The first-order valence-electron chi connectivity index (χ1n) is 7.79. The van der Waals surface area contributed by atoms with Gasteiger partial charge in [0.15, 0.2) is 5.78 Å². The second-order valence-electron chi connectivity index (χ2n) is 7.12. The molecular formula is C18H30O2. The third-order valence-corrected chi connectivity index (χ3v) is 3.68. The van der Waals surface area contributed by atoms with E-state index >= 15 is 0 Å². The smallest absolute Gasteiger partial charge is 0.155 e. The Hall–Kier alpha value is -0.890. The minimum atomic E-state index is -0.111. The third-order valence-electron chi connectivity index (χ3n) is 3.68. The summed E-state index contributed by atoms with van der Waals surface area (Å²) in [7, 11) is 0. The second kappa shape index (κ2) is 7.78. The standard InChI is InChI=1S/C18H30O2/c1-14(2)16-10-9-15(13-20-18(3,4)5)7-6-8-17(19)12-11-16/h6,8-10,14-16H,7,11-13H2,1-5H3/b8-6-,10-9-. The molecular weight excluding hydrogens is 248 g/mol. The van der Waals surface area contributed by atoms with E-state index in [2.05, 4.69) is 46.8 Å². The number of rotatable bonds is 3. The number of carbonyl (C=O) groups excluding carboxylic acids is 1. The first kappa shape index (κ1) is 17.2. The lowest BCUT2D eigenvalue weighted by Gasteiger charge is -2.23. The molecule has 1 rings (SSSR count). The van der Waals surface area contributed by atoms with Crippen LogP contribution in [0.2, 0.25) is 0 Å². The normalized spacial score (nSPS) is 28.4. The molecule has 0 aromatic rings. The van der Waals surface area contributed by atoms with Crippen molar-refractivity contribution in [3.05, 3.63) is 24.3 Å². The molecule has 20 heavy (non-hydrogen) atoms. The maximum atomic E-state index is 11.8. The summed E-state index contributed by atoms with van der Waals surface area (Å²) in [5, 5.41) is 0. The van der Waals surface area contributed by atoms with Gasteiger partial charge in [-0.1, -0.05) is 32.1 Å². The fourth-order valence-corrected chi connectivity index (χ4v) is 2.28. The lowest BCUT2D eigenvalue weighted by molar-refractivity contribution is -0.114. The predicted molar refractivity (Wildman–Crippen MR) is 84.7 cm³/mol. The van der Waals surface area contributed by atoms with Crippen LogP contribution in [0.25, 0.3) is 0 Å². The molecule has 0 spiro atoms. The number of allylic oxidation sites excluding steroid dienone is 3. The van der Waals surface area contributed by atoms with E-state index in [9.17, 15) is 4.79 Å². The molecule has 0 fully saturated rings. The Morgan fingerprint density at radius 3 is 2.60 bits per heavy atom. The highest BCUT2D eigenvalue weighted by atomic mass is 16.5. The lowest BCUT2D eigenvalue weighted by Crippen LogP contribution is -2.23. The van der Waals surface area contributed by atoms with Crippen LogP contribution >= 0.6 is 0 Å². The van der Waals surface area contributed by atoms with Gasteiger partial charge in [0.2, 0.25) is 0 Å². The second-order valence-corrected chi connectivity index (χ2v) is 7.12. The van der Waals surface area contributed by atoms with Crippen LogP contribution in [0.4, 0.5) is 0 Å². The molecule has 1 aliphatic rings. The van der Waals surface area contributed by atoms with E-state index in [1.165, 1.54) is 0 Å². The molecule has 1 aliphatic carbocycles. The van der Waals surface area contributed by atoms with Crippen molar-refractivity contribution in [3.8, 4) is 0 Å². The summed E-state index contributed by atoms with van der Waals surface area (Å²) in [4.78, 5) is 11.8. The van der Waals surface area contributed by atoms with Crippen LogP contribution in [-0.2, 0) is 9.53 Å². The highest BCUT2D eigenvalue weighted by molar-refractivity contribution is 5.89. The van der Waals surface area contributed by atoms with Crippen molar-refractivity contribution >= 4 is 5.78 Å². The zero-order valence-corrected chi connectivity index (χ0v) is 13.7. The van der Waals surface area contributed by atoms with Crippen molar-refractivity contribution in [2.24, 2.45) is 17.8 Å². The zero-order chi connectivity index (χ0) is 15.2. The van der Waals surface area contributed by atoms with E-state index in [1.54, 1.807) is 6.08 Å². The quantitative estimate of drug-likeness (QED) is 0.708. The fourth-order valence-electron chi connectivity index (χ4n) is 2.28. The third kappa shape index (κ3) is 7.04. The molecule has 2 nitrogen and oxygen atoms in total. The summed E-state index contributed by atoms with van der Waals surface area (Å²) in [6.07, 6.45) is 10.8. The maximum absolute atomic E-state index is 11.8. The number of ketones is 1. The van der Waals surface area contributed by atoms with Crippen molar-refractivity contribution in [2.75, 3.05) is 6.61 Å². The van der Waals surface area contributed by atoms with Crippen LogP contribution < -0.4 is 0 Å². The number of hydrogen-bond acceptors (Lipinski definition) is 2. The van der Waals surface area contributed by atoms with Gasteiger partial charge in [-0.3, -0.25) is 4.79 Å². The molecule has 0 saturated heterocycles. The fraction of sp³-hybridized carbons (Fsp3) is 0.722. The van der Waals surface area contributed by atoms with Gasteiger partial charge in [0.25, 0.3) is 0 Å². The van der Waals surface area contributed by atoms with Gasteiger partial charge in [-0.25, -0.2) is 0 Å². The van der Waals surface area contributed by atoms with E-state index in [0.29, 0.717) is 30.8 Å². The molecule has 2 unspecified atom stereocenters. The molecule has 0 aliphatic heterocycles. The Morgan fingerprint density at radius 1 is 1.30 bits per heavy atom. The van der Waals surface area contributed by atoms with E-state index in [-0.39, 0.29) is 11.4 Å². The Kier molecular flexibility index (Phi) is 6.67. The molecule has 0 bridgehead atoms. The van der Waals surface area contributed by atoms with Gasteiger partial charge in [-0.15, -0.1) is 0 Å². The molecule has 114 valence electrons. The SMILES string of the molecule is CC(C)C1/C=C\C(COC(C)(C)C)C/C=C\C(=O)CC1. The minimum absolute atomic E-state index is 0.111. The Morgan fingerprint density at radius 2 is 2.00 bits per heavy atom. The molecule has 0 amide bonds. The van der Waals surface area contributed by atoms with Crippen LogP contribution in [0.1, 0.15) is 53.9 Å². The van der Waals surface area contributed by atoms with Crippen molar-refractivity contribution in [1.82, 2.24) is 0 Å². The summed E-state index contributed by atoms with van der Waals surface area (Å²) in [6.45, 7) is 11.4. The average Bonchev–Trinajstić information content (AvgIpc) is 2.33. The van der Waals surface area contributed by atoms with E-state index in [0.717, 1.165) is 12.8 Å². The molecule has 0 aromatic heterocycles. The van der Waals surface area contributed by atoms with E-state index < -0.39 is 0 Å².